The fourth-order valence-corrected chi connectivity index (χ4v) is 13.8. The predicted molar refractivity (Wildman–Crippen MR) is 253 cm³/mol. The molecule has 0 amide bonds. The van der Waals surface area contributed by atoms with Gasteiger partial charge in [-0.25, -0.2) is 4.79 Å². The third kappa shape index (κ3) is 9.59. The van der Waals surface area contributed by atoms with Gasteiger partial charge in [-0.1, -0.05) is 56.3 Å². The van der Waals surface area contributed by atoms with Crippen molar-refractivity contribution in [1.29, 1.82) is 0 Å². The number of rotatable bonds is 14. The van der Waals surface area contributed by atoms with E-state index in [9.17, 15) is 35.1 Å². The summed E-state index contributed by atoms with van der Waals surface area (Å²) >= 11 is 0. The van der Waals surface area contributed by atoms with Crippen molar-refractivity contribution in [2.24, 2.45) is 22.7 Å². The van der Waals surface area contributed by atoms with Crippen LogP contribution in [-0.2, 0) is 61.7 Å². The third-order valence-corrected chi connectivity index (χ3v) is 18.0. The lowest BCUT2D eigenvalue weighted by Crippen LogP contribution is -2.78. The van der Waals surface area contributed by atoms with Crippen LogP contribution < -0.4 is 0 Å². The van der Waals surface area contributed by atoms with Gasteiger partial charge in [-0.15, -0.1) is 0 Å². The summed E-state index contributed by atoms with van der Waals surface area (Å²) in [6.45, 7) is 12.0. The number of aliphatic hydroxyl groups is 5. The zero-order valence-electron chi connectivity index (χ0n) is 42.8. The largest absolute Gasteiger partial charge is 0.460 e. The van der Waals surface area contributed by atoms with Crippen molar-refractivity contribution < 1.29 is 87.2 Å². The molecule has 18 nitrogen and oxygen atoms in total. The molecule has 1 aromatic carbocycles. The Balaban J connectivity index is 0.938. The molecule has 398 valence electrons. The second-order valence-electron chi connectivity index (χ2n) is 21.7. The van der Waals surface area contributed by atoms with E-state index in [4.69, 9.17) is 52.1 Å². The molecular formula is C53H78O18. The second-order valence-corrected chi connectivity index (χ2v) is 21.7. The minimum absolute atomic E-state index is 0.0180. The number of carbonyl (C=O) groups is 2. The van der Waals surface area contributed by atoms with Crippen molar-refractivity contribution in [1.82, 2.24) is 0 Å². The van der Waals surface area contributed by atoms with Gasteiger partial charge in [0.05, 0.1) is 42.0 Å². The Morgan fingerprint density at radius 3 is 2.01 bits per heavy atom. The normalized spacial score (nSPS) is 48.0. The molecule has 3 saturated carbocycles. The van der Waals surface area contributed by atoms with Crippen molar-refractivity contribution >= 4 is 18.0 Å². The molecule has 3 heterocycles. The first kappa shape index (κ1) is 54.3. The molecule has 3 aliphatic heterocycles. The van der Waals surface area contributed by atoms with Crippen LogP contribution in [0.3, 0.4) is 0 Å². The maximum Gasteiger partial charge on any atom is 0.331 e. The van der Waals surface area contributed by atoms with Gasteiger partial charge in [-0.05, 0) is 89.2 Å². The molecule has 5 N–H and O–H groups in total. The van der Waals surface area contributed by atoms with Crippen LogP contribution in [-0.4, -0.2) is 174 Å². The molecule has 0 bridgehead atoms. The molecule has 1 aromatic rings. The van der Waals surface area contributed by atoms with Gasteiger partial charge in [-0.3, -0.25) is 4.79 Å². The van der Waals surface area contributed by atoms with Crippen LogP contribution in [0, 0.1) is 22.7 Å². The molecule has 23 atom stereocenters. The number of aliphatic hydroxyl groups excluding tert-OH is 2. The number of esters is 2. The van der Waals surface area contributed by atoms with Gasteiger partial charge < -0.3 is 77.6 Å². The Labute approximate surface area is 417 Å². The highest BCUT2D eigenvalue weighted by Gasteiger charge is 2.81. The summed E-state index contributed by atoms with van der Waals surface area (Å²) < 4.78 is 67.4. The summed E-state index contributed by atoms with van der Waals surface area (Å²) in [5, 5.41) is 60.2. The summed E-state index contributed by atoms with van der Waals surface area (Å²) in [6, 6.07) is 9.29. The molecule has 71 heavy (non-hydrogen) atoms. The fraction of sp³-hybridized carbons (Fsp3) is 0.774. The van der Waals surface area contributed by atoms with Gasteiger partial charge in [0.1, 0.15) is 59.5 Å². The molecule has 8 rings (SSSR count). The molecule has 0 spiro atoms. The number of hydrogen-bond acceptors (Lipinski definition) is 18. The first-order valence-corrected chi connectivity index (χ1v) is 25.4. The first-order valence-electron chi connectivity index (χ1n) is 25.4. The minimum atomic E-state index is -2.00. The number of methoxy groups -OCH3 is 3. The van der Waals surface area contributed by atoms with Gasteiger partial charge >= 0.3 is 11.9 Å². The lowest BCUT2D eigenvalue weighted by atomic mass is 9.42. The highest BCUT2D eigenvalue weighted by Crippen LogP contribution is 2.71. The summed E-state index contributed by atoms with van der Waals surface area (Å²) in [5.41, 5.74) is -7.19. The van der Waals surface area contributed by atoms with E-state index < -0.39 is 138 Å². The van der Waals surface area contributed by atoms with E-state index in [0.717, 1.165) is 5.56 Å². The molecule has 1 unspecified atom stereocenters. The SMILES string of the molecule is CO[C@@H]1[C@@H](O)[C@H](O[C@H]2[C@@H](OC)C[C@H](O[C@H]3[C@@H](OC)C[C@H](O[C@H]4CC[C@@]5(C)C(C=C[C@]6(O)[C@@H]5C[C@@H](OC(=O)/C=C/c5ccccc5)[C@@]5(C)[C@]6(O)CC[C@@]5(O)[C@H](C)OC(C)=O)C4)O[C@@H]3C)O[C@@H]2C)O[C@H](C)[C@H]1O. The molecule has 7 aliphatic rings. The van der Waals surface area contributed by atoms with Crippen LogP contribution in [0.5, 0.6) is 0 Å². The summed E-state index contributed by atoms with van der Waals surface area (Å²) in [7, 11) is 4.61. The monoisotopic (exact) mass is 1000 g/mol. The van der Waals surface area contributed by atoms with E-state index in [1.807, 2.05) is 50.3 Å². The van der Waals surface area contributed by atoms with E-state index in [0.29, 0.717) is 32.1 Å². The van der Waals surface area contributed by atoms with E-state index in [1.165, 1.54) is 20.1 Å². The summed E-state index contributed by atoms with van der Waals surface area (Å²) in [4.78, 5) is 26.0. The smallest absolute Gasteiger partial charge is 0.331 e. The van der Waals surface area contributed by atoms with Crippen molar-refractivity contribution in [3.63, 3.8) is 0 Å². The molecule has 0 aromatic heterocycles. The highest BCUT2D eigenvalue weighted by molar-refractivity contribution is 5.87. The lowest BCUT2D eigenvalue weighted by Gasteiger charge is -2.67. The van der Waals surface area contributed by atoms with Crippen LogP contribution in [0.1, 0.15) is 105 Å². The van der Waals surface area contributed by atoms with Gasteiger partial charge in [0.15, 0.2) is 18.9 Å². The number of hydrogen-bond donors (Lipinski definition) is 5. The zero-order chi connectivity index (χ0) is 51.4. The number of carbonyl (C=O) groups excluding carboxylic acids is 2. The van der Waals surface area contributed by atoms with Crippen molar-refractivity contribution in [3.05, 3.63) is 54.1 Å². The Kier molecular flexibility index (Phi) is 16.1. The van der Waals surface area contributed by atoms with E-state index in [1.54, 1.807) is 47.1 Å². The van der Waals surface area contributed by atoms with Crippen LogP contribution in [0.4, 0.5) is 0 Å². The van der Waals surface area contributed by atoms with Crippen LogP contribution in [0.15, 0.2) is 48.6 Å². The topological polar surface area (TPSA) is 237 Å². The van der Waals surface area contributed by atoms with E-state index >= 15 is 0 Å². The summed E-state index contributed by atoms with van der Waals surface area (Å²) in [5.74, 6) is -1.99. The van der Waals surface area contributed by atoms with E-state index in [-0.39, 0.29) is 31.3 Å². The maximum atomic E-state index is 13.7. The van der Waals surface area contributed by atoms with Gasteiger partial charge in [0.2, 0.25) is 0 Å². The average Bonchev–Trinajstić information content (AvgIpc) is 3.56. The highest BCUT2D eigenvalue weighted by atomic mass is 16.8. The number of allylic oxidation sites excluding steroid dienone is 1. The molecule has 4 aliphatic carbocycles. The minimum Gasteiger partial charge on any atom is -0.460 e. The first-order chi connectivity index (χ1) is 33.6. The van der Waals surface area contributed by atoms with Crippen LogP contribution in [0.2, 0.25) is 0 Å². The Hall–Kier alpha value is -2.92. The quantitative estimate of drug-likeness (QED) is 0.101. The van der Waals surface area contributed by atoms with Gasteiger partial charge in [0.25, 0.3) is 0 Å². The predicted octanol–water partition coefficient (Wildman–Crippen LogP) is 3.89. The van der Waals surface area contributed by atoms with Crippen molar-refractivity contribution in [2.45, 2.75) is 215 Å². The Morgan fingerprint density at radius 2 is 1.39 bits per heavy atom. The Bertz CT molecular complexity index is 2070. The average molecular weight is 1000 g/mol. The van der Waals surface area contributed by atoms with Gasteiger partial charge in [0, 0.05) is 53.1 Å². The number of fused-ring (bicyclic) bond motifs is 5. The van der Waals surface area contributed by atoms with Crippen molar-refractivity contribution in [2.75, 3.05) is 21.3 Å². The second kappa shape index (κ2) is 21.0. The summed E-state index contributed by atoms with van der Waals surface area (Å²) in [6.07, 6.45) is -2.60. The molecule has 3 saturated heterocycles. The Morgan fingerprint density at radius 1 is 0.761 bits per heavy atom. The zero-order valence-corrected chi connectivity index (χ0v) is 42.8. The fourth-order valence-electron chi connectivity index (χ4n) is 13.8. The third-order valence-electron chi connectivity index (χ3n) is 18.0. The van der Waals surface area contributed by atoms with Crippen molar-refractivity contribution in [3.8, 4) is 0 Å². The lowest BCUT2D eigenvalue weighted by molar-refractivity contribution is -0.352. The molecule has 6 fully saturated rings. The molecule has 18 heteroatoms. The molecule has 0 radical (unpaired) electrons. The van der Waals surface area contributed by atoms with Crippen LogP contribution in [0.25, 0.3) is 6.08 Å². The standard InChI is InChI=1S/C53H78O18/c1-28-43(56)47(63-10)44(57)48(66-28)71-46-30(3)65-42(26-37(46)62-9)70-45-29(2)64-41(25-36(45)61-8)68-35-19-20-49(6)34(24-35)18-21-52(59)38(49)27-39(69-40(55)17-16-33-14-12-11-13-15-33)50(7)51(58,22-23-53(50,52)60)31(4)67-32(5)54/h11-18,21,28-31,34-39,41-48,56-60H,19-20,22-27H2,1-10H3/b17-16+/t28-,29-,30-,31+,34?,35+,36+,37+,38-,39-,41+,42+,43-,44-,45-,46-,47+,48+,49+,50-,51-,52+,53-/m1/s1. The van der Waals surface area contributed by atoms with Gasteiger partial charge in [-0.2, -0.15) is 0 Å². The van der Waals surface area contributed by atoms with E-state index in [2.05, 4.69) is 6.92 Å². The number of ether oxygens (including phenoxy) is 11. The maximum absolute atomic E-state index is 13.7. The van der Waals surface area contributed by atoms with Crippen LogP contribution >= 0.6 is 0 Å². The molecular weight excluding hydrogens is 925 g/mol. The number of benzene rings is 1.